The van der Waals surface area contributed by atoms with E-state index in [1.54, 1.807) is 6.92 Å². The first-order valence-electron chi connectivity index (χ1n) is 7.90. The molecule has 0 spiro atoms. The first-order valence-corrected chi connectivity index (χ1v) is 7.90. The Morgan fingerprint density at radius 1 is 1.41 bits per heavy atom. The molecule has 0 saturated heterocycles. The number of halogens is 2. The maximum atomic E-state index is 12.3. The van der Waals surface area contributed by atoms with Crippen molar-refractivity contribution in [3.8, 4) is 0 Å². The third kappa shape index (κ3) is 9.97. The maximum absolute atomic E-state index is 12.3. The predicted molar refractivity (Wildman–Crippen MR) is 108 cm³/mol. The Balaban J connectivity index is 0. The van der Waals surface area contributed by atoms with Crippen molar-refractivity contribution in [3.63, 3.8) is 0 Å². The van der Waals surface area contributed by atoms with Crippen LogP contribution in [0.4, 0.5) is 4.79 Å². The fraction of sp³-hybridized carbons (Fsp3) is 0.643. The number of hydrogen-bond donors (Lipinski definition) is 5. The van der Waals surface area contributed by atoms with E-state index < -0.39 is 18.0 Å². The van der Waals surface area contributed by atoms with E-state index >= 15 is 0 Å². The molecule has 0 bridgehead atoms. The molecule has 1 heterocycles. The number of nitrogens with one attached hydrogen (secondary N) is 2. The Hall–Kier alpha value is -2.11. The van der Waals surface area contributed by atoms with E-state index in [9.17, 15) is 14.4 Å². The highest BCUT2D eigenvalue weighted by atomic mass is 35.5. The lowest BCUT2D eigenvalue weighted by atomic mass is 10.1. The fourth-order valence-electron chi connectivity index (χ4n) is 2.24. The predicted octanol–water partition coefficient (Wildman–Crippen LogP) is -1.31. The molecule has 8 N–H and O–H groups in total. The van der Waals surface area contributed by atoms with Gasteiger partial charge in [0.15, 0.2) is 0 Å². The number of amidine groups is 1. The van der Waals surface area contributed by atoms with Gasteiger partial charge in [-0.3, -0.25) is 25.2 Å². The van der Waals surface area contributed by atoms with Gasteiger partial charge >= 0.3 is 6.03 Å². The Morgan fingerprint density at radius 3 is 2.56 bits per heavy atom. The summed E-state index contributed by atoms with van der Waals surface area (Å²) in [5.74, 6) is -0.218. The number of rotatable bonds is 7. The molecule has 0 aliphatic carbocycles. The van der Waals surface area contributed by atoms with Crippen LogP contribution < -0.4 is 27.8 Å². The zero-order valence-electron chi connectivity index (χ0n) is 15.3. The first kappa shape index (κ1) is 27.1. The third-order valence-electron chi connectivity index (χ3n) is 3.60. The number of nitrogens with zero attached hydrogens (tertiary/aromatic N) is 3. The summed E-state index contributed by atoms with van der Waals surface area (Å²) in [4.78, 5) is 44.4. The van der Waals surface area contributed by atoms with E-state index in [1.807, 2.05) is 0 Å². The molecule has 1 aliphatic rings. The number of primary amides is 1. The van der Waals surface area contributed by atoms with E-state index in [2.05, 4.69) is 20.6 Å². The van der Waals surface area contributed by atoms with Crippen LogP contribution in [-0.4, -0.2) is 66.8 Å². The summed E-state index contributed by atoms with van der Waals surface area (Å²) in [5, 5.41) is 4.57. The van der Waals surface area contributed by atoms with Crippen LogP contribution in [0, 0.1) is 0 Å². The number of likely N-dealkylation sites (N-methyl/N-ethyl adjacent to an activating group) is 1. The Morgan fingerprint density at radius 2 is 2.04 bits per heavy atom. The zero-order chi connectivity index (χ0) is 19.0. The van der Waals surface area contributed by atoms with Crippen molar-refractivity contribution in [2.75, 3.05) is 20.1 Å². The zero-order valence-corrected chi connectivity index (χ0v) is 16.9. The third-order valence-corrected chi connectivity index (χ3v) is 3.60. The number of carbonyl (C=O) groups excluding carboxylic acids is 3. The van der Waals surface area contributed by atoms with Crippen LogP contribution in [0.25, 0.3) is 0 Å². The highest BCUT2D eigenvalue weighted by Gasteiger charge is 2.31. The lowest BCUT2D eigenvalue weighted by molar-refractivity contribution is -0.138. The van der Waals surface area contributed by atoms with Crippen LogP contribution in [0.15, 0.2) is 9.98 Å². The smallest absolute Gasteiger partial charge is 0.318 e. The number of hydrogen-bond acceptors (Lipinski definition) is 6. The maximum Gasteiger partial charge on any atom is 0.318 e. The van der Waals surface area contributed by atoms with Gasteiger partial charge in [-0.05, 0) is 19.8 Å². The van der Waals surface area contributed by atoms with Gasteiger partial charge in [-0.15, -0.1) is 24.8 Å². The summed E-state index contributed by atoms with van der Waals surface area (Å²) in [5.41, 5.74) is 16.4. The van der Waals surface area contributed by atoms with Gasteiger partial charge in [0.25, 0.3) is 5.91 Å². The monoisotopic (exact) mass is 426 g/mol. The number of guanidine groups is 1. The second-order valence-electron chi connectivity index (χ2n) is 5.82. The van der Waals surface area contributed by atoms with Crippen molar-refractivity contribution in [1.82, 2.24) is 15.5 Å². The van der Waals surface area contributed by atoms with E-state index in [1.165, 1.54) is 11.9 Å². The van der Waals surface area contributed by atoms with Crippen molar-refractivity contribution in [3.05, 3.63) is 0 Å². The first-order chi connectivity index (χ1) is 11.7. The molecule has 11 nitrogen and oxygen atoms in total. The van der Waals surface area contributed by atoms with Crippen LogP contribution in [0.1, 0.15) is 26.2 Å². The van der Waals surface area contributed by atoms with Crippen molar-refractivity contribution in [2.45, 2.75) is 38.3 Å². The Labute approximate surface area is 170 Å². The molecule has 1 aliphatic heterocycles. The van der Waals surface area contributed by atoms with Gasteiger partial charge in [-0.1, -0.05) is 0 Å². The molecule has 156 valence electrons. The summed E-state index contributed by atoms with van der Waals surface area (Å²) in [6.45, 7) is 2.30. The summed E-state index contributed by atoms with van der Waals surface area (Å²) in [7, 11) is 1.52. The van der Waals surface area contributed by atoms with Crippen molar-refractivity contribution in [2.24, 2.45) is 27.2 Å². The molecule has 4 amide bonds. The highest BCUT2D eigenvalue weighted by Crippen LogP contribution is 2.08. The van der Waals surface area contributed by atoms with Crippen LogP contribution in [0.3, 0.4) is 0 Å². The second kappa shape index (κ2) is 13.1. The largest absolute Gasteiger partial charge is 0.388 e. The normalized spacial score (nSPS) is 17.4. The van der Waals surface area contributed by atoms with E-state index in [-0.39, 0.29) is 55.7 Å². The molecule has 0 saturated carbocycles. The molecule has 0 radical (unpaired) electrons. The summed E-state index contributed by atoms with van der Waals surface area (Å²) < 4.78 is 0. The van der Waals surface area contributed by atoms with Gasteiger partial charge in [0.2, 0.25) is 11.9 Å². The molecule has 0 aromatic carbocycles. The number of aliphatic imine (C=N–C) groups is 2. The Kier molecular flexibility index (Phi) is 13.2. The molecule has 2 atom stereocenters. The summed E-state index contributed by atoms with van der Waals surface area (Å²) >= 11 is 0. The molecule has 13 heteroatoms. The minimum atomic E-state index is -0.831. The summed E-state index contributed by atoms with van der Waals surface area (Å²) in [6, 6.07) is -1.92. The van der Waals surface area contributed by atoms with E-state index in [0.29, 0.717) is 18.8 Å². The van der Waals surface area contributed by atoms with Crippen LogP contribution in [0.2, 0.25) is 0 Å². The standard InChI is InChI=1S/C14H26N8O3.2ClH/c1-8(15)18-5-3-4-9(16)6-11(23)22(2)10-7-19-14(20-12(10)24)21-13(17)25;;/h9-10H,3-7,16H2,1-2H3,(H2,15,18)(H4,17,19,20,21,24,25);2*1H/t9-,10?;;/m0../s1. The van der Waals surface area contributed by atoms with Gasteiger partial charge in [0.1, 0.15) is 6.04 Å². The molecule has 1 rings (SSSR count). The van der Waals surface area contributed by atoms with Gasteiger partial charge in [0.05, 0.1) is 12.4 Å². The van der Waals surface area contributed by atoms with Crippen LogP contribution in [-0.2, 0) is 9.59 Å². The number of carbonyl (C=O) groups is 3. The topological polar surface area (TPSA) is 181 Å². The van der Waals surface area contributed by atoms with Gasteiger partial charge < -0.3 is 22.1 Å². The molecular formula is C14H28Cl2N8O3. The average molecular weight is 427 g/mol. The van der Waals surface area contributed by atoms with Crippen molar-refractivity contribution in [1.29, 1.82) is 0 Å². The minimum absolute atomic E-state index is 0. The average Bonchev–Trinajstić information content (AvgIpc) is 2.50. The minimum Gasteiger partial charge on any atom is -0.388 e. The molecule has 27 heavy (non-hydrogen) atoms. The molecule has 0 aromatic heterocycles. The van der Waals surface area contributed by atoms with E-state index in [0.717, 1.165) is 6.42 Å². The Bertz CT molecular complexity index is 581. The van der Waals surface area contributed by atoms with Gasteiger partial charge in [-0.25, -0.2) is 9.79 Å². The number of urea groups is 1. The quantitative estimate of drug-likeness (QED) is 0.192. The summed E-state index contributed by atoms with van der Waals surface area (Å²) in [6.07, 6.45) is 1.46. The number of amides is 4. The fourth-order valence-corrected chi connectivity index (χ4v) is 2.24. The second-order valence-corrected chi connectivity index (χ2v) is 5.82. The van der Waals surface area contributed by atoms with Crippen molar-refractivity contribution >= 4 is 54.5 Å². The molecule has 0 aromatic rings. The van der Waals surface area contributed by atoms with E-state index in [4.69, 9.17) is 17.2 Å². The lowest BCUT2D eigenvalue weighted by Crippen LogP contribution is -2.58. The van der Waals surface area contributed by atoms with Crippen molar-refractivity contribution < 1.29 is 14.4 Å². The van der Waals surface area contributed by atoms with Gasteiger partial charge in [0, 0.05) is 26.1 Å². The lowest BCUT2D eigenvalue weighted by Gasteiger charge is -2.30. The molecule has 0 fully saturated rings. The molecular weight excluding hydrogens is 399 g/mol. The molecule has 1 unspecified atom stereocenters. The highest BCUT2D eigenvalue weighted by molar-refractivity contribution is 6.07. The SMILES string of the molecule is CC(N)=NCCC[C@H](N)CC(=O)N(C)C1CN=C(NC(N)=O)NC1=O.Cl.Cl. The van der Waals surface area contributed by atoms with Crippen LogP contribution in [0.5, 0.6) is 0 Å². The number of nitrogens with two attached hydrogens (primary N) is 3. The van der Waals surface area contributed by atoms with Gasteiger partial charge in [-0.2, -0.15) is 0 Å². The van der Waals surface area contributed by atoms with Crippen LogP contribution >= 0.6 is 24.8 Å².